The van der Waals surface area contributed by atoms with Crippen molar-refractivity contribution in [2.24, 2.45) is 11.8 Å². The number of nitrogens with one attached hydrogen (secondary N) is 1. The van der Waals surface area contributed by atoms with E-state index >= 15 is 0 Å². The number of hydrogen-bond donors (Lipinski definition) is 1. The molecule has 18 heavy (non-hydrogen) atoms. The Balaban J connectivity index is 1.82. The minimum atomic E-state index is 0.374. The molecule has 3 rings (SSSR count). The molecule has 4 atom stereocenters. The van der Waals surface area contributed by atoms with Crippen molar-refractivity contribution in [1.29, 1.82) is 0 Å². The first kappa shape index (κ1) is 12.1. The van der Waals surface area contributed by atoms with Crippen molar-refractivity contribution in [1.82, 2.24) is 20.2 Å². The third-order valence-electron chi connectivity index (χ3n) is 4.79. The molecule has 1 aromatic rings. The molecule has 98 valence electrons. The van der Waals surface area contributed by atoms with Gasteiger partial charge in [-0.1, -0.05) is 0 Å². The summed E-state index contributed by atoms with van der Waals surface area (Å²) in [6, 6.07) is 1.01. The van der Waals surface area contributed by atoms with Crippen molar-refractivity contribution < 1.29 is 0 Å². The third kappa shape index (κ3) is 1.84. The molecular weight excluding hydrogens is 224 g/mol. The summed E-state index contributed by atoms with van der Waals surface area (Å²) in [5, 5.41) is 3.51. The summed E-state index contributed by atoms with van der Waals surface area (Å²) < 4.78 is 0. The van der Waals surface area contributed by atoms with E-state index in [-0.39, 0.29) is 0 Å². The first-order valence-electron chi connectivity index (χ1n) is 6.92. The van der Waals surface area contributed by atoms with E-state index in [2.05, 4.69) is 41.0 Å². The molecule has 1 aromatic heterocycles. The highest BCUT2D eigenvalue weighted by atomic mass is 15.2. The van der Waals surface area contributed by atoms with Crippen LogP contribution in [-0.2, 0) is 0 Å². The predicted octanol–water partition coefficient (Wildman–Crippen LogP) is 1.39. The van der Waals surface area contributed by atoms with Gasteiger partial charge in [-0.15, -0.1) is 0 Å². The van der Waals surface area contributed by atoms with Gasteiger partial charge in [-0.3, -0.25) is 14.9 Å². The van der Waals surface area contributed by atoms with Crippen LogP contribution in [-0.4, -0.2) is 40.5 Å². The van der Waals surface area contributed by atoms with Crippen LogP contribution in [0.3, 0.4) is 0 Å². The van der Waals surface area contributed by atoms with Crippen LogP contribution in [0, 0.1) is 18.8 Å². The number of aryl methyl sites for hydroxylation is 1. The summed E-state index contributed by atoms with van der Waals surface area (Å²) >= 11 is 0. The van der Waals surface area contributed by atoms with Crippen LogP contribution >= 0.6 is 0 Å². The Labute approximate surface area is 109 Å². The molecule has 2 aliphatic heterocycles. The van der Waals surface area contributed by atoms with Gasteiger partial charge in [-0.05, 0) is 45.7 Å². The van der Waals surface area contributed by atoms with Crippen molar-refractivity contribution in [2.75, 3.05) is 19.6 Å². The molecule has 0 aliphatic carbocycles. The lowest BCUT2D eigenvalue weighted by atomic mass is 9.95. The number of likely N-dealkylation sites (tertiary alicyclic amines) is 1. The van der Waals surface area contributed by atoms with Crippen LogP contribution in [0.2, 0.25) is 0 Å². The Bertz CT molecular complexity index is 434. The molecule has 2 fully saturated rings. The van der Waals surface area contributed by atoms with E-state index < -0.39 is 0 Å². The fourth-order valence-corrected chi connectivity index (χ4v) is 3.70. The second-order valence-corrected chi connectivity index (χ2v) is 5.72. The topological polar surface area (TPSA) is 41.1 Å². The molecule has 0 bridgehead atoms. The van der Waals surface area contributed by atoms with E-state index in [0.717, 1.165) is 23.2 Å². The van der Waals surface area contributed by atoms with Crippen molar-refractivity contribution in [2.45, 2.75) is 32.9 Å². The van der Waals surface area contributed by atoms with E-state index in [1.165, 1.54) is 19.6 Å². The van der Waals surface area contributed by atoms with Gasteiger partial charge in [-0.25, -0.2) is 0 Å². The Morgan fingerprint density at radius 3 is 2.83 bits per heavy atom. The SMILES string of the molecule is Cc1nccnc1C(C)N1CC2CNCC2C1C. The zero-order chi connectivity index (χ0) is 12.7. The molecule has 0 spiro atoms. The Morgan fingerprint density at radius 1 is 1.33 bits per heavy atom. The first-order chi connectivity index (χ1) is 8.68. The fourth-order valence-electron chi connectivity index (χ4n) is 3.70. The standard InChI is InChI=1S/C14H22N4/c1-9-14(17-5-4-16-9)11(3)18-8-12-6-15-7-13(12)10(18)2/h4-5,10-13,15H,6-8H2,1-3H3. The molecule has 3 heterocycles. The van der Waals surface area contributed by atoms with E-state index in [1.807, 2.05) is 6.20 Å². The highest BCUT2D eigenvalue weighted by Gasteiger charge is 2.43. The van der Waals surface area contributed by atoms with E-state index in [0.29, 0.717) is 12.1 Å². The lowest BCUT2D eigenvalue weighted by Gasteiger charge is -2.30. The Kier molecular flexibility index (Phi) is 3.08. The second-order valence-electron chi connectivity index (χ2n) is 5.72. The van der Waals surface area contributed by atoms with Crippen molar-refractivity contribution in [3.05, 3.63) is 23.8 Å². The largest absolute Gasteiger partial charge is 0.316 e. The van der Waals surface area contributed by atoms with Crippen molar-refractivity contribution in [3.63, 3.8) is 0 Å². The van der Waals surface area contributed by atoms with Crippen LogP contribution in [0.4, 0.5) is 0 Å². The van der Waals surface area contributed by atoms with Crippen molar-refractivity contribution in [3.8, 4) is 0 Å². The molecule has 4 nitrogen and oxygen atoms in total. The van der Waals surface area contributed by atoms with Gasteiger partial charge in [-0.2, -0.15) is 0 Å². The van der Waals surface area contributed by atoms with Gasteiger partial charge >= 0.3 is 0 Å². The number of aromatic nitrogens is 2. The van der Waals surface area contributed by atoms with Crippen LogP contribution in [0.15, 0.2) is 12.4 Å². The summed E-state index contributed by atoms with van der Waals surface area (Å²) in [5.41, 5.74) is 2.20. The van der Waals surface area contributed by atoms with Gasteiger partial charge in [0, 0.05) is 25.0 Å². The zero-order valence-corrected chi connectivity index (χ0v) is 11.4. The summed E-state index contributed by atoms with van der Waals surface area (Å²) in [4.78, 5) is 11.5. The Hall–Kier alpha value is -1.00. The highest BCUT2D eigenvalue weighted by Crippen LogP contribution is 2.37. The van der Waals surface area contributed by atoms with Gasteiger partial charge in [0.05, 0.1) is 17.4 Å². The maximum atomic E-state index is 4.53. The summed E-state index contributed by atoms with van der Waals surface area (Å²) in [6.07, 6.45) is 3.58. The van der Waals surface area contributed by atoms with E-state index in [1.54, 1.807) is 6.20 Å². The predicted molar refractivity (Wildman–Crippen MR) is 71.2 cm³/mol. The molecule has 0 aromatic carbocycles. The molecule has 0 saturated carbocycles. The van der Waals surface area contributed by atoms with Crippen LogP contribution in [0.25, 0.3) is 0 Å². The normalized spacial score (nSPS) is 33.6. The smallest absolute Gasteiger partial charge is 0.0784 e. The molecular formula is C14H22N4. The monoisotopic (exact) mass is 246 g/mol. The van der Waals surface area contributed by atoms with Crippen molar-refractivity contribution >= 4 is 0 Å². The minimum absolute atomic E-state index is 0.374. The number of rotatable bonds is 2. The maximum absolute atomic E-state index is 4.53. The zero-order valence-electron chi connectivity index (χ0n) is 11.4. The van der Waals surface area contributed by atoms with Gasteiger partial charge in [0.1, 0.15) is 0 Å². The molecule has 0 radical (unpaired) electrons. The van der Waals surface area contributed by atoms with E-state index in [4.69, 9.17) is 0 Å². The fraction of sp³-hybridized carbons (Fsp3) is 0.714. The van der Waals surface area contributed by atoms with Crippen LogP contribution in [0.5, 0.6) is 0 Å². The molecule has 1 N–H and O–H groups in total. The van der Waals surface area contributed by atoms with Gasteiger partial charge in [0.15, 0.2) is 0 Å². The van der Waals surface area contributed by atoms with Crippen LogP contribution < -0.4 is 5.32 Å². The summed E-state index contributed by atoms with van der Waals surface area (Å²) in [7, 11) is 0. The third-order valence-corrected chi connectivity index (χ3v) is 4.79. The van der Waals surface area contributed by atoms with Gasteiger partial charge in [0.2, 0.25) is 0 Å². The van der Waals surface area contributed by atoms with Gasteiger partial charge in [0.25, 0.3) is 0 Å². The molecule has 2 aliphatic rings. The second kappa shape index (κ2) is 4.59. The highest BCUT2D eigenvalue weighted by molar-refractivity contribution is 5.14. The average Bonchev–Trinajstić information content (AvgIpc) is 2.93. The van der Waals surface area contributed by atoms with Gasteiger partial charge < -0.3 is 5.32 Å². The minimum Gasteiger partial charge on any atom is -0.316 e. The molecule has 2 saturated heterocycles. The first-order valence-corrected chi connectivity index (χ1v) is 6.92. The number of fused-ring (bicyclic) bond motifs is 1. The lowest BCUT2D eigenvalue weighted by molar-refractivity contribution is 0.178. The Morgan fingerprint density at radius 2 is 2.11 bits per heavy atom. The average molecular weight is 246 g/mol. The molecule has 4 heteroatoms. The molecule has 0 amide bonds. The van der Waals surface area contributed by atoms with E-state index in [9.17, 15) is 0 Å². The molecule has 4 unspecified atom stereocenters. The maximum Gasteiger partial charge on any atom is 0.0784 e. The summed E-state index contributed by atoms with van der Waals surface area (Å²) in [6.45, 7) is 10.2. The van der Waals surface area contributed by atoms with Crippen LogP contribution in [0.1, 0.15) is 31.3 Å². The number of nitrogens with zero attached hydrogens (tertiary/aromatic N) is 3. The summed E-state index contributed by atoms with van der Waals surface area (Å²) in [5.74, 6) is 1.63. The number of hydrogen-bond acceptors (Lipinski definition) is 4. The lowest BCUT2D eigenvalue weighted by Crippen LogP contribution is -2.35. The quantitative estimate of drug-likeness (QED) is 0.856.